The van der Waals surface area contributed by atoms with Crippen LogP contribution in [0.4, 0.5) is 13.2 Å². The van der Waals surface area contributed by atoms with Crippen molar-refractivity contribution in [1.29, 1.82) is 0 Å². The Balaban J connectivity index is 1.29. The maximum absolute atomic E-state index is 14.0. The minimum Gasteiger partial charge on any atom is -0.392 e. The molecule has 3 aromatic rings. The number of carbonyl (C=O) groups excluding carboxylic acids is 1. The second kappa shape index (κ2) is 11.4. The number of rotatable bonds is 4. The summed E-state index contributed by atoms with van der Waals surface area (Å²) in [6.07, 6.45) is 0.257. The number of piperidine rings is 2. The van der Waals surface area contributed by atoms with Crippen molar-refractivity contribution < 1.29 is 23.1 Å². The lowest BCUT2D eigenvalue weighted by atomic mass is 9.93. The Hall–Kier alpha value is -2.86. The largest absolute Gasteiger partial charge is 0.416 e. The van der Waals surface area contributed by atoms with E-state index < -0.39 is 17.6 Å². The van der Waals surface area contributed by atoms with Crippen molar-refractivity contribution in [2.24, 2.45) is 4.99 Å². The van der Waals surface area contributed by atoms with Crippen LogP contribution in [0.3, 0.4) is 0 Å². The van der Waals surface area contributed by atoms with Crippen LogP contribution in [0.15, 0.2) is 52.5 Å². The second-order valence-electron chi connectivity index (χ2n) is 10.8. The van der Waals surface area contributed by atoms with Gasteiger partial charge in [-0.15, -0.1) is 0 Å². The molecule has 1 amide bonds. The number of allylic oxidation sites excluding steroid dienone is 1. The number of fused-ring (bicyclic) bond motifs is 1. The Bertz CT molecular complexity index is 1530. The summed E-state index contributed by atoms with van der Waals surface area (Å²) in [7, 11) is 0. The fraction of sp³-hybridized carbons (Fsp3) is 0.414. The van der Waals surface area contributed by atoms with Crippen molar-refractivity contribution in [2.45, 2.75) is 50.4 Å². The molecule has 7 nitrogen and oxygen atoms in total. The number of aliphatic hydroxyl groups excluding tert-OH is 1. The summed E-state index contributed by atoms with van der Waals surface area (Å²) in [5.74, 6) is -0.448. The van der Waals surface area contributed by atoms with E-state index in [1.165, 1.54) is 23.9 Å². The molecular formula is C29H29ClF3N5O2S. The smallest absolute Gasteiger partial charge is 0.392 e. The summed E-state index contributed by atoms with van der Waals surface area (Å²) >= 11 is 7.16. The van der Waals surface area contributed by atoms with E-state index in [-0.39, 0.29) is 23.1 Å². The van der Waals surface area contributed by atoms with E-state index in [0.29, 0.717) is 33.8 Å². The molecule has 6 rings (SSSR count). The monoisotopic (exact) mass is 603 g/mol. The van der Waals surface area contributed by atoms with Crippen molar-refractivity contribution in [3.05, 3.63) is 69.2 Å². The molecule has 0 radical (unpaired) electrons. The van der Waals surface area contributed by atoms with Crippen LogP contribution >= 0.6 is 23.4 Å². The molecule has 0 saturated carbocycles. The van der Waals surface area contributed by atoms with Gasteiger partial charge in [-0.1, -0.05) is 23.7 Å². The average Bonchev–Trinajstić information content (AvgIpc) is 3.58. The lowest BCUT2D eigenvalue weighted by Crippen LogP contribution is -2.50. The van der Waals surface area contributed by atoms with Gasteiger partial charge < -0.3 is 10.0 Å². The molecule has 2 fully saturated rings. The van der Waals surface area contributed by atoms with Crippen molar-refractivity contribution in [3.63, 3.8) is 0 Å². The first-order valence-electron chi connectivity index (χ1n) is 13.7. The minimum absolute atomic E-state index is 0.00509. The summed E-state index contributed by atoms with van der Waals surface area (Å²) < 4.78 is 42.0. The third kappa shape index (κ3) is 6.04. The fourth-order valence-corrected chi connectivity index (χ4v) is 7.20. The number of nitrogens with one attached hydrogen (secondary N) is 1. The number of hydrogen-bond acceptors (Lipinski definition) is 6. The number of likely N-dealkylation sites (tertiary alicyclic amines) is 2. The number of benzene rings is 2. The molecule has 0 bridgehead atoms. The highest BCUT2D eigenvalue weighted by Gasteiger charge is 2.36. The number of amidine groups is 1. The van der Waals surface area contributed by atoms with Crippen molar-refractivity contribution in [3.8, 4) is 0 Å². The van der Waals surface area contributed by atoms with Gasteiger partial charge in [-0.05, 0) is 91.4 Å². The highest BCUT2D eigenvalue weighted by Crippen LogP contribution is 2.41. The maximum atomic E-state index is 14.0. The maximum Gasteiger partial charge on any atom is 0.416 e. The van der Waals surface area contributed by atoms with E-state index in [2.05, 4.69) is 25.0 Å². The number of aliphatic hydroxyl groups is 1. The SMILES string of the molecule is O=C1N=C(N2CCC(N3CCCC(O)C3)CC2)SC1=C(Cc1ccc(Cl)cc1C(F)(F)F)c1ccc2[nH]ncc2c1. The molecule has 2 N–H and O–H groups in total. The van der Waals surface area contributed by atoms with Crippen molar-refractivity contribution >= 4 is 50.9 Å². The van der Waals surface area contributed by atoms with Gasteiger partial charge in [0.05, 0.1) is 28.3 Å². The van der Waals surface area contributed by atoms with Gasteiger partial charge in [0, 0.05) is 36.1 Å². The van der Waals surface area contributed by atoms with Crippen LogP contribution in [-0.4, -0.2) is 74.5 Å². The van der Waals surface area contributed by atoms with Gasteiger partial charge in [-0.3, -0.25) is 14.8 Å². The van der Waals surface area contributed by atoms with Crippen LogP contribution in [0.25, 0.3) is 16.5 Å². The molecule has 2 aromatic carbocycles. The van der Waals surface area contributed by atoms with E-state index >= 15 is 0 Å². The number of aromatic nitrogens is 2. The number of amides is 1. The minimum atomic E-state index is -4.60. The molecule has 41 heavy (non-hydrogen) atoms. The Morgan fingerprint density at radius 3 is 2.68 bits per heavy atom. The number of halogens is 4. The highest BCUT2D eigenvalue weighted by atomic mass is 35.5. The van der Waals surface area contributed by atoms with Gasteiger partial charge in [0.2, 0.25) is 0 Å². The molecule has 1 atom stereocenters. The van der Waals surface area contributed by atoms with Gasteiger partial charge in [0.1, 0.15) is 0 Å². The first-order chi connectivity index (χ1) is 19.7. The third-order valence-corrected chi connectivity index (χ3v) is 9.46. The number of nitrogens with zero attached hydrogens (tertiary/aromatic N) is 4. The van der Waals surface area contributed by atoms with Crippen LogP contribution in [-0.2, 0) is 17.4 Å². The molecule has 1 aromatic heterocycles. The standard InChI is InChI=1S/C29H29ClF3N5O2S/c30-20-5-3-18(24(14-20)29(31,32)33)13-23(17-4-6-25-19(12-17)15-34-36-25)26-27(40)35-28(41-26)37-10-7-21(8-11-37)38-9-1-2-22(39)16-38/h3-6,12,14-15,21-22,39H,1-2,7-11,13,16H2,(H,34,36). The number of hydrogen-bond donors (Lipinski definition) is 2. The van der Waals surface area contributed by atoms with Crippen LogP contribution in [0.1, 0.15) is 42.4 Å². The summed E-state index contributed by atoms with van der Waals surface area (Å²) in [5, 5.41) is 18.4. The van der Waals surface area contributed by atoms with Crippen molar-refractivity contribution in [1.82, 2.24) is 20.0 Å². The predicted molar refractivity (Wildman–Crippen MR) is 155 cm³/mol. The quantitative estimate of drug-likeness (QED) is 0.370. The van der Waals surface area contributed by atoms with Gasteiger partial charge in [0.15, 0.2) is 5.17 Å². The molecule has 4 heterocycles. The first-order valence-corrected chi connectivity index (χ1v) is 14.9. The van der Waals surface area contributed by atoms with E-state index in [0.717, 1.165) is 62.3 Å². The van der Waals surface area contributed by atoms with Crippen LogP contribution in [0.5, 0.6) is 0 Å². The third-order valence-electron chi connectivity index (χ3n) is 8.07. The van der Waals surface area contributed by atoms with Gasteiger partial charge in [-0.25, -0.2) is 0 Å². The van der Waals surface area contributed by atoms with Crippen LogP contribution in [0, 0.1) is 0 Å². The summed E-state index contributed by atoms with van der Waals surface area (Å²) in [6.45, 7) is 3.11. The molecule has 3 aliphatic heterocycles. The number of alkyl halides is 3. The number of aromatic amines is 1. The number of aliphatic imine (C=N–C) groups is 1. The first kappa shape index (κ1) is 28.3. The zero-order valence-electron chi connectivity index (χ0n) is 22.1. The normalized spacial score (nSPS) is 22.5. The van der Waals surface area contributed by atoms with Gasteiger partial charge >= 0.3 is 6.18 Å². The predicted octanol–water partition coefficient (Wildman–Crippen LogP) is 5.74. The van der Waals surface area contributed by atoms with Crippen LogP contribution in [0.2, 0.25) is 5.02 Å². The summed E-state index contributed by atoms with van der Waals surface area (Å²) in [5.41, 5.74) is 1.10. The highest BCUT2D eigenvalue weighted by molar-refractivity contribution is 8.18. The number of thioether (sulfide) groups is 1. The summed E-state index contributed by atoms with van der Waals surface area (Å²) in [6, 6.07) is 9.53. The van der Waals surface area contributed by atoms with E-state index in [1.54, 1.807) is 18.3 Å². The van der Waals surface area contributed by atoms with Crippen molar-refractivity contribution in [2.75, 3.05) is 26.2 Å². The molecule has 0 spiro atoms. The van der Waals surface area contributed by atoms with Gasteiger partial charge in [-0.2, -0.15) is 23.3 Å². The van der Waals surface area contributed by atoms with E-state index in [9.17, 15) is 23.1 Å². The zero-order chi connectivity index (χ0) is 28.7. The fourth-order valence-electron chi connectivity index (χ4n) is 5.96. The average molecular weight is 604 g/mol. The summed E-state index contributed by atoms with van der Waals surface area (Å²) in [4.78, 5) is 22.5. The molecule has 0 aliphatic carbocycles. The molecule has 216 valence electrons. The van der Waals surface area contributed by atoms with Gasteiger partial charge in [0.25, 0.3) is 5.91 Å². The molecule has 3 aliphatic rings. The topological polar surface area (TPSA) is 84.8 Å². The molecule has 12 heteroatoms. The Labute approximate surface area is 244 Å². The molecule has 2 saturated heterocycles. The number of carbonyl (C=O) groups is 1. The second-order valence-corrected chi connectivity index (χ2v) is 12.2. The zero-order valence-corrected chi connectivity index (χ0v) is 23.7. The number of β-amino-alcohol motifs (C(OH)–C–C–N with tert-alkyl or cyclic N) is 1. The Morgan fingerprint density at radius 1 is 1.12 bits per heavy atom. The lowest BCUT2D eigenvalue weighted by molar-refractivity contribution is -0.138. The van der Waals surface area contributed by atoms with E-state index in [4.69, 9.17) is 11.6 Å². The molecule has 1 unspecified atom stereocenters. The molecular weight excluding hydrogens is 575 g/mol. The Morgan fingerprint density at radius 2 is 1.93 bits per heavy atom. The Kier molecular flexibility index (Phi) is 7.88. The van der Waals surface area contributed by atoms with Crippen LogP contribution < -0.4 is 0 Å². The lowest BCUT2D eigenvalue weighted by Gasteiger charge is -2.41. The number of H-pyrrole nitrogens is 1. The van der Waals surface area contributed by atoms with E-state index in [1.807, 2.05) is 6.07 Å².